The summed E-state index contributed by atoms with van der Waals surface area (Å²) >= 11 is 0. The molecule has 20 heavy (non-hydrogen) atoms. The van der Waals surface area contributed by atoms with Crippen LogP contribution in [-0.2, 0) is 4.74 Å². The summed E-state index contributed by atoms with van der Waals surface area (Å²) < 4.78 is 5.26. The molecule has 0 unspecified atom stereocenters. The summed E-state index contributed by atoms with van der Waals surface area (Å²) in [5.41, 5.74) is 3.06. The molecular formula is C15H20N2O3. The summed E-state index contributed by atoms with van der Waals surface area (Å²) in [5.74, 6) is -0.403. The highest BCUT2D eigenvalue weighted by Gasteiger charge is 2.32. The van der Waals surface area contributed by atoms with Gasteiger partial charge in [-0.1, -0.05) is 0 Å². The number of pyridine rings is 1. The van der Waals surface area contributed by atoms with Crippen LogP contribution >= 0.6 is 0 Å². The lowest BCUT2D eigenvalue weighted by atomic mass is 9.88. The smallest absolute Gasteiger partial charge is 0.356 e. The number of methoxy groups -OCH3 is 1. The van der Waals surface area contributed by atoms with E-state index in [1.807, 2.05) is 6.92 Å². The molecule has 108 valence electrons. The topological polar surface area (TPSA) is 71.5 Å². The lowest BCUT2D eigenvalue weighted by Crippen LogP contribution is -2.40. The van der Waals surface area contributed by atoms with E-state index >= 15 is 0 Å². The standard InChI is InChI=1S/C15H20N2O3/c1-8-12(9-3-4-9)7-16-14(15(18)19)13(8)17-10-5-11(6-10)20-2/h7,9-11,17H,3-6H2,1-2H3,(H,18,19). The van der Waals surface area contributed by atoms with Crippen LogP contribution in [0.1, 0.15) is 53.2 Å². The minimum atomic E-state index is -0.972. The Bertz CT molecular complexity index is 534. The van der Waals surface area contributed by atoms with Crippen molar-refractivity contribution < 1.29 is 14.6 Å². The van der Waals surface area contributed by atoms with Gasteiger partial charge in [0.25, 0.3) is 0 Å². The Labute approximate surface area is 118 Å². The number of aromatic carboxylic acids is 1. The Balaban J connectivity index is 1.86. The van der Waals surface area contributed by atoms with Gasteiger partial charge in [-0.3, -0.25) is 0 Å². The first-order valence-electron chi connectivity index (χ1n) is 7.12. The van der Waals surface area contributed by atoms with Crippen LogP contribution in [0.3, 0.4) is 0 Å². The number of carbonyl (C=O) groups is 1. The van der Waals surface area contributed by atoms with Gasteiger partial charge in [0, 0.05) is 19.3 Å². The van der Waals surface area contributed by atoms with E-state index in [9.17, 15) is 9.90 Å². The lowest BCUT2D eigenvalue weighted by molar-refractivity contribution is 0.0328. The Morgan fingerprint density at radius 3 is 2.70 bits per heavy atom. The van der Waals surface area contributed by atoms with Gasteiger partial charge in [-0.2, -0.15) is 0 Å². The van der Waals surface area contributed by atoms with E-state index in [0.717, 1.165) is 18.4 Å². The molecule has 2 aliphatic rings. The number of ether oxygens (including phenoxy) is 1. The molecule has 0 atom stereocenters. The fourth-order valence-electron chi connectivity index (χ4n) is 2.84. The number of hydrogen-bond donors (Lipinski definition) is 2. The van der Waals surface area contributed by atoms with Gasteiger partial charge >= 0.3 is 5.97 Å². The van der Waals surface area contributed by atoms with Crippen molar-refractivity contribution in [2.45, 2.75) is 50.7 Å². The fourth-order valence-corrected chi connectivity index (χ4v) is 2.84. The van der Waals surface area contributed by atoms with Crippen LogP contribution < -0.4 is 5.32 Å². The molecule has 1 heterocycles. The summed E-state index contributed by atoms with van der Waals surface area (Å²) in [5, 5.41) is 12.7. The van der Waals surface area contributed by atoms with Crippen molar-refractivity contribution in [1.29, 1.82) is 0 Å². The second kappa shape index (κ2) is 5.05. The van der Waals surface area contributed by atoms with Crippen molar-refractivity contribution in [2.24, 2.45) is 0 Å². The second-order valence-corrected chi connectivity index (χ2v) is 5.81. The van der Waals surface area contributed by atoms with Crippen molar-refractivity contribution in [3.63, 3.8) is 0 Å². The molecule has 2 N–H and O–H groups in total. The van der Waals surface area contributed by atoms with Crippen LogP contribution in [0.5, 0.6) is 0 Å². The molecule has 0 amide bonds. The SMILES string of the molecule is COC1CC(Nc2c(C(=O)O)ncc(C3CC3)c2C)C1. The number of aromatic nitrogens is 1. The molecular weight excluding hydrogens is 256 g/mol. The molecule has 0 saturated heterocycles. The number of hydrogen-bond acceptors (Lipinski definition) is 4. The zero-order valence-electron chi connectivity index (χ0n) is 11.8. The third-order valence-corrected chi connectivity index (χ3v) is 4.37. The van der Waals surface area contributed by atoms with Crippen LogP contribution in [0.2, 0.25) is 0 Å². The number of rotatable bonds is 5. The molecule has 2 aliphatic carbocycles. The van der Waals surface area contributed by atoms with E-state index in [0.29, 0.717) is 17.7 Å². The minimum Gasteiger partial charge on any atom is -0.476 e. The number of nitrogens with one attached hydrogen (secondary N) is 1. The molecule has 0 spiro atoms. The van der Waals surface area contributed by atoms with Gasteiger partial charge in [0.1, 0.15) is 0 Å². The number of carboxylic acids is 1. The van der Waals surface area contributed by atoms with Crippen molar-refractivity contribution in [3.8, 4) is 0 Å². The third-order valence-electron chi connectivity index (χ3n) is 4.37. The first-order valence-corrected chi connectivity index (χ1v) is 7.12. The van der Waals surface area contributed by atoms with Crippen LogP contribution in [0.15, 0.2) is 6.20 Å². The van der Waals surface area contributed by atoms with Crippen molar-refractivity contribution in [1.82, 2.24) is 4.98 Å². The molecule has 0 aromatic carbocycles. The Morgan fingerprint density at radius 1 is 1.45 bits per heavy atom. The summed E-state index contributed by atoms with van der Waals surface area (Å²) in [6.07, 6.45) is 6.24. The van der Waals surface area contributed by atoms with Crippen molar-refractivity contribution in [2.75, 3.05) is 12.4 Å². The molecule has 1 aromatic heterocycles. The van der Waals surface area contributed by atoms with Gasteiger partial charge in [0.05, 0.1) is 11.8 Å². The van der Waals surface area contributed by atoms with E-state index < -0.39 is 5.97 Å². The average Bonchev–Trinajstić information content (AvgIpc) is 3.18. The van der Waals surface area contributed by atoms with Crippen molar-refractivity contribution in [3.05, 3.63) is 23.0 Å². The Kier molecular flexibility index (Phi) is 3.38. The molecule has 2 saturated carbocycles. The molecule has 3 rings (SSSR count). The number of nitrogens with zero attached hydrogens (tertiary/aromatic N) is 1. The molecule has 5 heteroatoms. The second-order valence-electron chi connectivity index (χ2n) is 5.81. The van der Waals surface area contributed by atoms with Gasteiger partial charge in [0.2, 0.25) is 0 Å². The first kappa shape index (κ1) is 13.4. The monoisotopic (exact) mass is 276 g/mol. The van der Waals surface area contributed by atoms with E-state index in [4.69, 9.17) is 4.74 Å². The Morgan fingerprint density at radius 2 is 2.15 bits per heavy atom. The number of carboxylic acid groups (broad SMARTS) is 1. The molecule has 0 aliphatic heterocycles. The molecule has 0 bridgehead atoms. The maximum absolute atomic E-state index is 11.4. The van der Waals surface area contributed by atoms with Crippen molar-refractivity contribution >= 4 is 11.7 Å². The molecule has 1 aromatic rings. The first-order chi connectivity index (χ1) is 9.60. The summed E-state index contributed by atoms with van der Waals surface area (Å²) in [7, 11) is 1.71. The van der Waals surface area contributed by atoms with Crippen LogP contribution in [-0.4, -0.2) is 35.3 Å². The molecule has 2 fully saturated rings. The van der Waals surface area contributed by atoms with E-state index in [1.165, 1.54) is 18.4 Å². The zero-order valence-corrected chi connectivity index (χ0v) is 11.8. The molecule has 5 nitrogen and oxygen atoms in total. The van der Waals surface area contributed by atoms with E-state index in [1.54, 1.807) is 13.3 Å². The van der Waals surface area contributed by atoms with Gasteiger partial charge in [-0.15, -0.1) is 0 Å². The quantitative estimate of drug-likeness (QED) is 0.864. The highest BCUT2D eigenvalue weighted by molar-refractivity contribution is 5.93. The highest BCUT2D eigenvalue weighted by atomic mass is 16.5. The van der Waals surface area contributed by atoms with Gasteiger partial charge in [-0.05, 0) is 49.7 Å². The van der Waals surface area contributed by atoms with E-state index in [2.05, 4.69) is 10.3 Å². The van der Waals surface area contributed by atoms with E-state index in [-0.39, 0.29) is 11.7 Å². The largest absolute Gasteiger partial charge is 0.476 e. The summed E-state index contributed by atoms with van der Waals surface area (Å²) in [6, 6.07) is 0.285. The van der Waals surface area contributed by atoms with Gasteiger partial charge in [0.15, 0.2) is 5.69 Å². The average molecular weight is 276 g/mol. The maximum Gasteiger partial charge on any atom is 0.356 e. The Hall–Kier alpha value is -1.62. The predicted octanol–water partition coefficient (Wildman–Crippen LogP) is 2.55. The van der Waals surface area contributed by atoms with Crippen LogP contribution in [0.4, 0.5) is 5.69 Å². The zero-order chi connectivity index (χ0) is 14.3. The lowest BCUT2D eigenvalue weighted by Gasteiger charge is -2.36. The maximum atomic E-state index is 11.4. The minimum absolute atomic E-state index is 0.132. The summed E-state index contributed by atoms with van der Waals surface area (Å²) in [4.78, 5) is 15.5. The van der Waals surface area contributed by atoms with Crippen LogP contribution in [0.25, 0.3) is 0 Å². The highest BCUT2D eigenvalue weighted by Crippen LogP contribution is 2.43. The normalized spacial score (nSPS) is 25.1. The number of anilines is 1. The van der Waals surface area contributed by atoms with Gasteiger partial charge in [-0.25, -0.2) is 9.78 Å². The van der Waals surface area contributed by atoms with Gasteiger partial charge < -0.3 is 15.2 Å². The third kappa shape index (κ3) is 2.38. The summed E-state index contributed by atoms with van der Waals surface area (Å²) in [6.45, 7) is 2.00. The molecule has 0 radical (unpaired) electrons. The van der Waals surface area contributed by atoms with Crippen LogP contribution in [0, 0.1) is 6.92 Å². The fraction of sp³-hybridized carbons (Fsp3) is 0.600. The predicted molar refractivity (Wildman–Crippen MR) is 75.4 cm³/mol.